The lowest BCUT2D eigenvalue weighted by atomic mass is 9.78. The lowest BCUT2D eigenvalue weighted by Crippen LogP contribution is -2.30. The topological polar surface area (TPSA) is 61.8 Å². The van der Waals surface area contributed by atoms with Crippen LogP contribution in [0, 0.1) is 0 Å². The van der Waals surface area contributed by atoms with Gasteiger partial charge in [-0.25, -0.2) is 4.39 Å². The lowest BCUT2D eigenvalue weighted by Gasteiger charge is -2.29. The molecular formula is C22H32FO5P. The molecule has 0 amide bonds. The third kappa shape index (κ3) is 4.50. The van der Waals surface area contributed by atoms with Gasteiger partial charge in [0.05, 0.1) is 7.11 Å². The van der Waals surface area contributed by atoms with E-state index >= 15 is 4.39 Å². The summed E-state index contributed by atoms with van der Waals surface area (Å²) in [6.45, 7) is 7.23. The van der Waals surface area contributed by atoms with E-state index in [1.165, 1.54) is 0 Å². The number of halogens is 1. The van der Waals surface area contributed by atoms with Crippen molar-refractivity contribution < 1.29 is 27.5 Å². The number of carbonyl (C=O) groups is 1. The molecule has 1 aromatic rings. The zero-order chi connectivity index (χ0) is 22.0. The van der Waals surface area contributed by atoms with E-state index in [1.54, 1.807) is 13.2 Å². The van der Waals surface area contributed by atoms with Crippen LogP contribution in [0.3, 0.4) is 0 Å². The van der Waals surface area contributed by atoms with Crippen LogP contribution in [0.5, 0.6) is 5.75 Å². The molecule has 0 saturated heterocycles. The van der Waals surface area contributed by atoms with Gasteiger partial charge in [-0.1, -0.05) is 26.8 Å². The van der Waals surface area contributed by atoms with Gasteiger partial charge in [-0.3, -0.25) is 9.36 Å². The summed E-state index contributed by atoms with van der Waals surface area (Å²) in [4.78, 5) is 12.6. The molecule has 0 spiro atoms. The molecule has 1 atom stereocenters. The van der Waals surface area contributed by atoms with Crippen molar-refractivity contribution in [3.8, 4) is 5.75 Å². The first-order valence-corrected chi connectivity index (χ1v) is 11.3. The maximum Gasteiger partial charge on any atom is 0.374 e. The minimum atomic E-state index is -4.22. The quantitative estimate of drug-likeness (QED) is 0.418. The molecule has 0 N–H and O–H groups in total. The third-order valence-corrected chi connectivity index (χ3v) is 7.72. The van der Waals surface area contributed by atoms with Crippen LogP contribution in [0.2, 0.25) is 0 Å². The number of fused-ring (bicyclic) bond motifs is 1. The zero-order valence-electron chi connectivity index (χ0n) is 18.4. The van der Waals surface area contributed by atoms with Crippen LogP contribution in [0.15, 0.2) is 12.1 Å². The van der Waals surface area contributed by atoms with Crippen molar-refractivity contribution >= 4 is 19.5 Å². The van der Waals surface area contributed by atoms with Gasteiger partial charge in [-0.2, -0.15) is 0 Å². The highest BCUT2D eigenvalue weighted by Crippen LogP contribution is 2.60. The molecule has 0 aromatic heterocycles. The molecule has 1 aromatic carbocycles. The molecule has 2 rings (SSSR count). The number of benzene rings is 1. The van der Waals surface area contributed by atoms with E-state index in [9.17, 15) is 9.36 Å². The van der Waals surface area contributed by atoms with Gasteiger partial charge in [0.25, 0.3) is 5.41 Å². The smallest absolute Gasteiger partial charge is 0.374 e. The Morgan fingerprint density at radius 2 is 1.62 bits per heavy atom. The van der Waals surface area contributed by atoms with Crippen molar-refractivity contribution in [3.63, 3.8) is 0 Å². The Morgan fingerprint density at radius 1 is 1.07 bits per heavy atom. The van der Waals surface area contributed by atoms with Crippen molar-refractivity contribution in [2.75, 3.05) is 21.3 Å². The number of ketones is 1. The van der Waals surface area contributed by atoms with Gasteiger partial charge in [0, 0.05) is 19.8 Å². The highest BCUT2D eigenvalue weighted by atomic mass is 31.2. The maximum absolute atomic E-state index is 15.0. The van der Waals surface area contributed by atoms with Crippen molar-refractivity contribution in [2.24, 2.45) is 0 Å². The molecule has 0 fully saturated rings. The fourth-order valence-electron chi connectivity index (χ4n) is 3.75. The molecule has 5 nitrogen and oxygen atoms in total. The fraction of sp³-hybridized carbons (Fsp3) is 0.591. The summed E-state index contributed by atoms with van der Waals surface area (Å²) >= 11 is 0. The molecule has 0 bridgehead atoms. The van der Waals surface area contributed by atoms with Crippen molar-refractivity contribution in [1.29, 1.82) is 0 Å². The van der Waals surface area contributed by atoms with Gasteiger partial charge >= 0.3 is 7.60 Å². The molecule has 1 aliphatic rings. The first kappa shape index (κ1) is 23.8. The molecule has 0 saturated carbocycles. The number of hydrogen-bond donors (Lipinski definition) is 0. The van der Waals surface area contributed by atoms with Crippen LogP contribution in [0.1, 0.15) is 62.8 Å². The van der Waals surface area contributed by atoms with Crippen molar-refractivity contribution in [1.82, 2.24) is 0 Å². The minimum Gasteiger partial charge on any atom is -0.496 e. The third-order valence-electron chi connectivity index (χ3n) is 5.51. The summed E-state index contributed by atoms with van der Waals surface area (Å²) in [5.41, 5.74) is 4.00. The number of ether oxygens (including phenoxy) is 1. The standard InChI is InChI=1S/C22H32FO5P/c1-21(2,3)18-14-15(16-10-8-9-11-17(16)20(18)26-5)12-13-19(24)22(4,23)29(25,27-6)28-7/h12-14H,8-11H2,1-7H3. The summed E-state index contributed by atoms with van der Waals surface area (Å²) in [5, 5.41) is -2.77. The molecule has 1 unspecified atom stereocenters. The van der Waals surface area contributed by atoms with E-state index in [1.807, 2.05) is 6.07 Å². The molecule has 0 aliphatic heterocycles. The number of allylic oxidation sites excluding steroid dienone is 1. The summed E-state index contributed by atoms with van der Waals surface area (Å²) in [7, 11) is -0.412. The summed E-state index contributed by atoms with van der Waals surface area (Å²) in [5.74, 6) is -0.0588. The first-order valence-electron chi connectivity index (χ1n) is 9.79. The Bertz CT molecular complexity index is 844. The van der Waals surface area contributed by atoms with E-state index in [-0.39, 0.29) is 5.41 Å². The second-order valence-electron chi connectivity index (χ2n) is 8.47. The van der Waals surface area contributed by atoms with Gasteiger partial charge < -0.3 is 13.8 Å². The SMILES string of the molecule is COc1c(C(C)(C)C)cc(C=CC(=O)C(C)(F)P(=O)(OC)OC)c2c1CCCC2. The predicted molar refractivity (Wildman–Crippen MR) is 114 cm³/mol. The zero-order valence-corrected chi connectivity index (χ0v) is 19.3. The van der Waals surface area contributed by atoms with E-state index in [2.05, 4.69) is 20.8 Å². The second kappa shape index (κ2) is 8.71. The number of hydrogen-bond acceptors (Lipinski definition) is 5. The van der Waals surface area contributed by atoms with Gasteiger partial charge in [0.2, 0.25) is 5.78 Å². The number of methoxy groups -OCH3 is 1. The Balaban J connectivity index is 2.55. The van der Waals surface area contributed by atoms with E-state index in [4.69, 9.17) is 13.8 Å². The summed E-state index contributed by atoms with van der Waals surface area (Å²) in [6.07, 6.45) is 6.63. The van der Waals surface area contributed by atoms with Gasteiger partial charge in [0.1, 0.15) is 5.75 Å². The monoisotopic (exact) mass is 426 g/mol. The molecule has 1 aliphatic carbocycles. The van der Waals surface area contributed by atoms with Crippen LogP contribution in [-0.4, -0.2) is 32.5 Å². The largest absolute Gasteiger partial charge is 0.496 e. The van der Waals surface area contributed by atoms with E-state index in [0.29, 0.717) is 0 Å². The number of alkyl halides is 1. The normalized spacial score (nSPS) is 17.1. The average molecular weight is 426 g/mol. The Hall–Kier alpha value is -1.49. The van der Waals surface area contributed by atoms with Gasteiger partial charge in [-0.15, -0.1) is 0 Å². The maximum atomic E-state index is 15.0. The van der Waals surface area contributed by atoms with Crippen molar-refractivity contribution in [3.05, 3.63) is 34.4 Å². The molecular weight excluding hydrogens is 394 g/mol. The van der Waals surface area contributed by atoms with Crippen LogP contribution in [0.4, 0.5) is 4.39 Å². The van der Waals surface area contributed by atoms with Crippen LogP contribution < -0.4 is 4.74 Å². The molecule has 0 radical (unpaired) electrons. The van der Waals surface area contributed by atoms with E-state index in [0.717, 1.165) is 80.9 Å². The Labute approximate surface area is 173 Å². The minimum absolute atomic E-state index is 0.166. The van der Waals surface area contributed by atoms with Gasteiger partial charge in [-0.05, 0) is 66.9 Å². The molecule has 7 heteroatoms. The fourth-order valence-corrected chi connectivity index (χ4v) is 4.93. The van der Waals surface area contributed by atoms with Gasteiger partial charge in [0.15, 0.2) is 0 Å². The Kier molecular flexibility index (Phi) is 7.14. The predicted octanol–water partition coefficient (Wildman–Crippen LogP) is 5.63. The van der Waals surface area contributed by atoms with Crippen LogP contribution in [-0.2, 0) is 36.7 Å². The summed E-state index contributed by atoms with van der Waals surface area (Å²) < 4.78 is 42.6. The van der Waals surface area contributed by atoms with E-state index < -0.39 is 18.8 Å². The summed E-state index contributed by atoms with van der Waals surface area (Å²) in [6, 6.07) is 2.01. The molecule has 0 heterocycles. The van der Waals surface area contributed by atoms with Crippen LogP contribution >= 0.6 is 7.60 Å². The first-order chi connectivity index (χ1) is 13.4. The Morgan fingerprint density at radius 3 is 2.10 bits per heavy atom. The highest BCUT2D eigenvalue weighted by Gasteiger charge is 2.52. The highest BCUT2D eigenvalue weighted by molar-refractivity contribution is 7.56. The van der Waals surface area contributed by atoms with Crippen LogP contribution in [0.25, 0.3) is 6.08 Å². The molecule has 162 valence electrons. The lowest BCUT2D eigenvalue weighted by molar-refractivity contribution is -0.121. The van der Waals surface area contributed by atoms with Crippen molar-refractivity contribution in [2.45, 2.75) is 64.2 Å². The number of rotatable bonds is 7. The average Bonchev–Trinajstić information content (AvgIpc) is 2.69. The number of carbonyl (C=O) groups excluding carboxylic acids is 1. The second-order valence-corrected chi connectivity index (χ2v) is 11.0. The molecule has 29 heavy (non-hydrogen) atoms.